The predicted molar refractivity (Wildman–Crippen MR) is 270 cm³/mol. The first kappa shape index (κ1) is 56.2. The first-order valence-electron chi connectivity index (χ1n) is 20.9. The maximum absolute atomic E-state index is 4.11. The second-order valence-electron chi connectivity index (χ2n) is 18.7. The molecule has 0 heterocycles. The van der Waals surface area contributed by atoms with E-state index in [0.717, 1.165) is 24.0 Å². The van der Waals surface area contributed by atoms with Crippen LogP contribution in [-0.2, 0) is 23.7 Å². The van der Waals surface area contributed by atoms with Crippen LogP contribution in [0.15, 0.2) is 116 Å². The zero-order valence-corrected chi connectivity index (χ0v) is 37.8. The van der Waals surface area contributed by atoms with Gasteiger partial charge in [0, 0.05) is 5.41 Å². The van der Waals surface area contributed by atoms with E-state index in [1.165, 1.54) is 87.7 Å². The average Bonchev–Trinajstić information content (AvgIpc) is 3.10. The van der Waals surface area contributed by atoms with E-state index >= 15 is 0 Å². The quantitative estimate of drug-likeness (QED) is 0.0882. The van der Waals surface area contributed by atoms with Gasteiger partial charge in [0.15, 0.2) is 0 Å². The van der Waals surface area contributed by atoms with Crippen molar-refractivity contribution < 1.29 is 0 Å². The van der Waals surface area contributed by atoms with Crippen molar-refractivity contribution in [3.8, 4) is 0 Å². The fourth-order valence-corrected chi connectivity index (χ4v) is 7.06. The zero-order valence-electron chi connectivity index (χ0n) is 37.8. The third kappa shape index (κ3) is 17.9. The van der Waals surface area contributed by atoms with Crippen LogP contribution in [0.5, 0.6) is 0 Å². The highest BCUT2D eigenvalue weighted by molar-refractivity contribution is 5.63. The third-order valence-electron chi connectivity index (χ3n) is 11.4. The lowest BCUT2D eigenvalue weighted by Gasteiger charge is -2.34. The number of rotatable bonds is 14. The number of allylic oxidation sites excluding steroid dienone is 3. The molecule has 4 rings (SSSR count). The van der Waals surface area contributed by atoms with Crippen molar-refractivity contribution in [2.75, 3.05) is 0 Å². The molecule has 1 unspecified atom stereocenters. The summed E-state index contributed by atoms with van der Waals surface area (Å²) in [5, 5.41) is 0. The van der Waals surface area contributed by atoms with Crippen molar-refractivity contribution in [1.82, 2.24) is 0 Å². The summed E-state index contributed by atoms with van der Waals surface area (Å²) in [6.07, 6.45) is 8.71. The monoisotopic (exact) mass is 787 g/mol. The van der Waals surface area contributed by atoms with Crippen LogP contribution in [0.1, 0.15) is 188 Å². The summed E-state index contributed by atoms with van der Waals surface area (Å²) in [7, 11) is 0. The number of aryl methyl sites for hydroxylation is 2. The fourth-order valence-electron chi connectivity index (χ4n) is 7.06. The highest BCUT2D eigenvalue weighted by Crippen LogP contribution is 2.39. The van der Waals surface area contributed by atoms with Gasteiger partial charge in [-0.1, -0.05) is 230 Å². The fraction of sp³-hybridized carbons (Fsp3) is 0.483. The van der Waals surface area contributed by atoms with Crippen molar-refractivity contribution in [1.29, 1.82) is 0 Å². The Morgan fingerprint density at radius 1 is 0.586 bits per heavy atom. The van der Waals surface area contributed by atoms with Gasteiger partial charge in [-0.05, 0) is 122 Å². The Morgan fingerprint density at radius 2 is 1.14 bits per heavy atom. The van der Waals surface area contributed by atoms with Crippen molar-refractivity contribution in [2.45, 2.75) is 175 Å². The summed E-state index contributed by atoms with van der Waals surface area (Å²) in [6.45, 7) is 43.4. The van der Waals surface area contributed by atoms with Crippen LogP contribution in [0.2, 0.25) is 0 Å². The molecule has 0 saturated heterocycles. The van der Waals surface area contributed by atoms with Gasteiger partial charge in [-0.25, -0.2) is 0 Å². The Morgan fingerprint density at radius 3 is 1.62 bits per heavy atom. The Balaban J connectivity index is 0. The van der Waals surface area contributed by atoms with E-state index in [9.17, 15) is 0 Å². The van der Waals surface area contributed by atoms with E-state index in [4.69, 9.17) is 0 Å². The lowest BCUT2D eigenvalue weighted by molar-refractivity contribution is 0.248. The van der Waals surface area contributed by atoms with Crippen LogP contribution < -0.4 is 0 Å². The van der Waals surface area contributed by atoms with Crippen LogP contribution in [0.25, 0.3) is 11.1 Å². The molecule has 322 valence electrons. The summed E-state index contributed by atoms with van der Waals surface area (Å²) in [4.78, 5) is 0. The molecular weight excluding hydrogens is 697 g/mol. The standard InChI is InChI=1S/C32H40.C14H20.C9H18.3CH4/c1-23(2)28-14-16-29(17-15-28)32(8,22-26-12-10-9-11-13-26)30-19-25(5)18-27(20-30)21-31(6,7)24(3)4;1-10(2)12-8-7-11(3)13(9-12)14(4,5)6;1-4-5-6-7-8-9(2)3;;;/h9-20,24H,1,21-22H2,2-8H3;7-9H,1H2,2-6H3;2,4-8H2,1,3H3;3*1H4. The molecule has 0 saturated carbocycles. The first-order chi connectivity index (χ1) is 25.6. The van der Waals surface area contributed by atoms with E-state index in [1.807, 2.05) is 0 Å². The van der Waals surface area contributed by atoms with Crippen molar-refractivity contribution in [2.24, 2.45) is 11.3 Å². The summed E-state index contributed by atoms with van der Waals surface area (Å²) >= 11 is 0. The Kier molecular flexibility index (Phi) is 24.8. The minimum Gasteiger partial charge on any atom is -0.100 e. The van der Waals surface area contributed by atoms with Gasteiger partial charge in [-0.2, -0.15) is 0 Å². The molecule has 58 heavy (non-hydrogen) atoms. The molecule has 0 aliphatic rings. The highest BCUT2D eigenvalue weighted by atomic mass is 14.3. The van der Waals surface area contributed by atoms with E-state index in [1.54, 1.807) is 0 Å². The number of benzene rings is 4. The second kappa shape index (κ2) is 25.6. The van der Waals surface area contributed by atoms with Crippen LogP contribution in [0, 0.1) is 25.2 Å². The van der Waals surface area contributed by atoms with Gasteiger partial charge in [0.2, 0.25) is 0 Å². The molecule has 0 aliphatic carbocycles. The van der Waals surface area contributed by atoms with E-state index in [-0.39, 0.29) is 38.5 Å². The molecule has 0 N–H and O–H groups in total. The van der Waals surface area contributed by atoms with Crippen LogP contribution >= 0.6 is 0 Å². The molecule has 0 radical (unpaired) electrons. The van der Waals surface area contributed by atoms with Gasteiger partial charge in [-0.3, -0.25) is 0 Å². The van der Waals surface area contributed by atoms with E-state index in [0.29, 0.717) is 5.92 Å². The molecule has 0 fully saturated rings. The largest absolute Gasteiger partial charge is 0.100 e. The molecule has 0 aliphatic heterocycles. The lowest BCUT2D eigenvalue weighted by atomic mass is 9.70. The summed E-state index contributed by atoms with van der Waals surface area (Å²) < 4.78 is 0. The minimum atomic E-state index is -0.113. The predicted octanol–water partition coefficient (Wildman–Crippen LogP) is 18.6. The molecule has 0 nitrogen and oxygen atoms in total. The van der Waals surface area contributed by atoms with Crippen LogP contribution in [0.3, 0.4) is 0 Å². The third-order valence-corrected chi connectivity index (χ3v) is 11.4. The van der Waals surface area contributed by atoms with Gasteiger partial charge in [-0.15, -0.1) is 6.58 Å². The molecule has 0 aromatic heterocycles. The van der Waals surface area contributed by atoms with Crippen LogP contribution in [0.4, 0.5) is 0 Å². The second-order valence-corrected chi connectivity index (χ2v) is 18.7. The Bertz CT molecular complexity index is 1800. The summed E-state index contributed by atoms with van der Waals surface area (Å²) in [5.41, 5.74) is 16.1. The number of hydrogen-bond acceptors (Lipinski definition) is 0. The lowest BCUT2D eigenvalue weighted by Crippen LogP contribution is -2.28. The molecule has 0 heteroatoms. The maximum atomic E-state index is 4.11. The zero-order chi connectivity index (χ0) is 41.6. The molecule has 0 spiro atoms. The summed E-state index contributed by atoms with van der Waals surface area (Å²) in [6, 6.07) is 33.8. The highest BCUT2D eigenvalue weighted by Gasteiger charge is 2.31. The van der Waals surface area contributed by atoms with Crippen molar-refractivity contribution in [3.05, 3.63) is 166 Å². The van der Waals surface area contributed by atoms with E-state index in [2.05, 4.69) is 208 Å². The van der Waals surface area contributed by atoms with Crippen molar-refractivity contribution >= 4 is 11.1 Å². The molecule has 4 aromatic carbocycles. The topological polar surface area (TPSA) is 0 Å². The molecule has 0 amide bonds. The SMILES string of the molecule is C.C.C.C=C(C)CCCCCC.C=C(C)c1ccc(C(C)(Cc2ccccc2)c2cc(C)cc(CC(C)(C)C(C)C)c2)cc1.C=C(C)c1ccc(C)c(C(C)(C)C)c1. The van der Waals surface area contributed by atoms with Crippen molar-refractivity contribution in [3.63, 3.8) is 0 Å². The van der Waals surface area contributed by atoms with Gasteiger partial charge in [0.25, 0.3) is 0 Å². The minimum absolute atomic E-state index is 0. The van der Waals surface area contributed by atoms with Gasteiger partial charge in [0.1, 0.15) is 0 Å². The molecule has 4 aromatic rings. The van der Waals surface area contributed by atoms with Gasteiger partial charge >= 0.3 is 0 Å². The summed E-state index contributed by atoms with van der Waals surface area (Å²) in [5.74, 6) is 0.636. The van der Waals surface area contributed by atoms with Gasteiger partial charge in [0.05, 0.1) is 0 Å². The van der Waals surface area contributed by atoms with Crippen LogP contribution in [-0.4, -0.2) is 0 Å². The average molecular weight is 787 g/mol. The smallest absolute Gasteiger partial charge is 0.0215 e. The Hall–Kier alpha value is -3.90. The molecule has 0 bridgehead atoms. The number of hydrogen-bond donors (Lipinski definition) is 0. The normalized spacial score (nSPS) is 11.8. The maximum Gasteiger partial charge on any atom is 0.0215 e. The van der Waals surface area contributed by atoms with E-state index < -0.39 is 0 Å². The van der Waals surface area contributed by atoms with Gasteiger partial charge < -0.3 is 0 Å². The molecular formula is C58H90. The first-order valence-corrected chi connectivity index (χ1v) is 20.9. The number of unbranched alkanes of at least 4 members (excludes halogenated alkanes) is 3. The molecule has 1 atom stereocenters. The Labute approximate surface area is 362 Å².